The second-order valence-corrected chi connectivity index (χ2v) is 7.50. The summed E-state index contributed by atoms with van der Waals surface area (Å²) in [5.74, 6) is 1.59. The highest BCUT2D eigenvalue weighted by atomic mass is 16.5. The summed E-state index contributed by atoms with van der Waals surface area (Å²) in [6.45, 7) is 12.4. The fourth-order valence-electron chi connectivity index (χ4n) is 3.25. The predicted octanol–water partition coefficient (Wildman–Crippen LogP) is 1.64. The van der Waals surface area contributed by atoms with E-state index in [1.54, 1.807) is 0 Å². The number of guanidine groups is 1. The quantitative estimate of drug-likeness (QED) is 0.496. The van der Waals surface area contributed by atoms with E-state index in [4.69, 9.17) is 9.73 Å². The minimum Gasteiger partial charge on any atom is -0.379 e. The van der Waals surface area contributed by atoms with Gasteiger partial charge in [0.05, 0.1) is 19.8 Å². The van der Waals surface area contributed by atoms with E-state index in [9.17, 15) is 0 Å². The molecular formula is C20H31N7O. The highest BCUT2D eigenvalue weighted by molar-refractivity contribution is 5.79. The summed E-state index contributed by atoms with van der Waals surface area (Å²) in [5.41, 5.74) is 2.17. The molecule has 1 aromatic carbocycles. The van der Waals surface area contributed by atoms with Gasteiger partial charge in [-0.2, -0.15) is 5.10 Å². The van der Waals surface area contributed by atoms with Gasteiger partial charge in [-0.15, -0.1) is 0 Å². The molecule has 1 fully saturated rings. The van der Waals surface area contributed by atoms with Crippen LogP contribution in [0.3, 0.4) is 0 Å². The molecule has 0 unspecified atom stereocenters. The number of nitrogens with one attached hydrogen (secondary N) is 3. The SMILES string of the molecule is CCNC(=NCc1cccc(-c2ncn[nH]2)c1)NCC(C)(C)N1CCOCC1. The summed E-state index contributed by atoms with van der Waals surface area (Å²) >= 11 is 0. The average Bonchev–Trinajstić information content (AvgIpc) is 3.26. The van der Waals surface area contributed by atoms with E-state index in [0.717, 1.165) is 62.3 Å². The van der Waals surface area contributed by atoms with Crippen molar-refractivity contribution < 1.29 is 4.74 Å². The Kier molecular flexibility index (Phi) is 7.00. The number of morpholine rings is 1. The number of hydrogen-bond acceptors (Lipinski definition) is 5. The van der Waals surface area contributed by atoms with Crippen LogP contribution in [0.2, 0.25) is 0 Å². The number of aromatic amines is 1. The first-order valence-electron chi connectivity index (χ1n) is 9.88. The first-order valence-corrected chi connectivity index (χ1v) is 9.88. The Hall–Kier alpha value is -2.45. The van der Waals surface area contributed by atoms with E-state index >= 15 is 0 Å². The van der Waals surface area contributed by atoms with Gasteiger partial charge >= 0.3 is 0 Å². The standard InChI is InChI=1S/C20H31N7O/c1-4-21-19(23-14-20(2,3)27-8-10-28-11-9-27)22-13-16-6-5-7-17(12-16)18-24-15-25-26-18/h5-7,12,15H,4,8-11,13-14H2,1-3H3,(H2,21,22,23)(H,24,25,26). The number of rotatable bonds is 7. The molecule has 8 nitrogen and oxygen atoms in total. The number of H-pyrrole nitrogens is 1. The molecular weight excluding hydrogens is 354 g/mol. The Bertz CT molecular complexity index is 752. The zero-order chi connectivity index (χ0) is 19.8. The highest BCUT2D eigenvalue weighted by Gasteiger charge is 2.28. The highest BCUT2D eigenvalue weighted by Crippen LogP contribution is 2.17. The van der Waals surface area contributed by atoms with Crippen molar-refractivity contribution in [2.75, 3.05) is 39.4 Å². The summed E-state index contributed by atoms with van der Waals surface area (Å²) in [5, 5.41) is 13.7. The maximum Gasteiger partial charge on any atom is 0.191 e. The molecule has 0 aliphatic carbocycles. The molecule has 0 amide bonds. The molecule has 0 bridgehead atoms. The van der Waals surface area contributed by atoms with Crippen LogP contribution in [0.15, 0.2) is 35.6 Å². The number of ether oxygens (including phenoxy) is 1. The van der Waals surface area contributed by atoms with Crippen LogP contribution >= 0.6 is 0 Å². The molecule has 28 heavy (non-hydrogen) atoms. The zero-order valence-electron chi connectivity index (χ0n) is 17.0. The van der Waals surface area contributed by atoms with Gasteiger partial charge in [0.25, 0.3) is 0 Å². The van der Waals surface area contributed by atoms with Crippen molar-refractivity contribution in [2.45, 2.75) is 32.9 Å². The molecule has 1 aliphatic rings. The molecule has 8 heteroatoms. The molecule has 1 aliphatic heterocycles. The minimum atomic E-state index is 0.0339. The topological polar surface area (TPSA) is 90.5 Å². The molecule has 152 valence electrons. The van der Waals surface area contributed by atoms with Crippen LogP contribution < -0.4 is 10.6 Å². The molecule has 0 atom stereocenters. The first kappa shape index (κ1) is 20.3. The van der Waals surface area contributed by atoms with Crippen LogP contribution in [0.5, 0.6) is 0 Å². The number of nitrogens with zero attached hydrogens (tertiary/aromatic N) is 4. The molecule has 1 saturated heterocycles. The third kappa shape index (κ3) is 5.53. The molecule has 0 saturated carbocycles. The van der Waals surface area contributed by atoms with Gasteiger partial charge in [0.1, 0.15) is 6.33 Å². The van der Waals surface area contributed by atoms with Crippen molar-refractivity contribution in [2.24, 2.45) is 4.99 Å². The summed E-state index contributed by atoms with van der Waals surface area (Å²) in [4.78, 5) is 11.4. The van der Waals surface area contributed by atoms with E-state index < -0.39 is 0 Å². The molecule has 1 aromatic heterocycles. The number of aromatic nitrogens is 3. The van der Waals surface area contributed by atoms with Gasteiger partial charge < -0.3 is 15.4 Å². The van der Waals surface area contributed by atoms with E-state index in [-0.39, 0.29) is 5.54 Å². The zero-order valence-corrected chi connectivity index (χ0v) is 17.0. The van der Waals surface area contributed by atoms with Gasteiger partial charge in [0.2, 0.25) is 0 Å². The number of hydrogen-bond donors (Lipinski definition) is 3. The minimum absolute atomic E-state index is 0.0339. The average molecular weight is 386 g/mol. The van der Waals surface area contributed by atoms with Crippen LogP contribution in [0.4, 0.5) is 0 Å². The van der Waals surface area contributed by atoms with E-state index in [1.165, 1.54) is 6.33 Å². The lowest BCUT2D eigenvalue weighted by molar-refractivity contribution is -0.00834. The fourth-order valence-corrected chi connectivity index (χ4v) is 3.25. The van der Waals surface area contributed by atoms with Crippen LogP contribution in [-0.2, 0) is 11.3 Å². The van der Waals surface area contributed by atoms with Crippen molar-refractivity contribution in [1.29, 1.82) is 0 Å². The van der Waals surface area contributed by atoms with Crippen LogP contribution in [0, 0.1) is 0 Å². The maximum absolute atomic E-state index is 5.47. The normalized spacial score (nSPS) is 16.2. The van der Waals surface area contributed by atoms with Crippen LogP contribution in [0.25, 0.3) is 11.4 Å². The van der Waals surface area contributed by atoms with Gasteiger partial charge in [-0.1, -0.05) is 18.2 Å². The Morgan fingerprint density at radius 2 is 2.11 bits per heavy atom. The van der Waals surface area contributed by atoms with E-state index in [1.807, 2.05) is 12.1 Å². The number of benzene rings is 1. The molecule has 3 rings (SSSR count). The Morgan fingerprint density at radius 3 is 2.82 bits per heavy atom. The van der Waals surface area contributed by atoms with Crippen LogP contribution in [0.1, 0.15) is 26.3 Å². The molecule has 0 radical (unpaired) electrons. The molecule has 3 N–H and O–H groups in total. The third-order valence-electron chi connectivity index (χ3n) is 4.93. The second kappa shape index (κ2) is 9.66. The van der Waals surface area contributed by atoms with E-state index in [2.05, 4.69) is 63.6 Å². The molecule has 2 heterocycles. The summed E-state index contributed by atoms with van der Waals surface area (Å²) in [7, 11) is 0. The largest absolute Gasteiger partial charge is 0.379 e. The monoisotopic (exact) mass is 385 g/mol. The Morgan fingerprint density at radius 1 is 1.29 bits per heavy atom. The Balaban J connectivity index is 1.62. The van der Waals surface area contributed by atoms with Crippen molar-refractivity contribution in [3.63, 3.8) is 0 Å². The van der Waals surface area contributed by atoms with E-state index in [0.29, 0.717) is 6.54 Å². The van der Waals surface area contributed by atoms with Crippen LogP contribution in [-0.4, -0.2) is 71.0 Å². The lowest BCUT2D eigenvalue weighted by Gasteiger charge is -2.41. The summed E-state index contributed by atoms with van der Waals surface area (Å²) in [6.07, 6.45) is 1.52. The van der Waals surface area contributed by atoms with Crippen molar-refractivity contribution in [3.05, 3.63) is 36.2 Å². The smallest absolute Gasteiger partial charge is 0.191 e. The lowest BCUT2D eigenvalue weighted by atomic mass is 10.0. The van der Waals surface area contributed by atoms with Crippen molar-refractivity contribution in [3.8, 4) is 11.4 Å². The van der Waals surface area contributed by atoms with Crippen molar-refractivity contribution in [1.82, 2.24) is 30.7 Å². The fraction of sp³-hybridized carbons (Fsp3) is 0.550. The van der Waals surface area contributed by atoms with Gasteiger partial charge in [0, 0.05) is 37.3 Å². The van der Waals surface area contributed by atoms with Crippen molar-refractivity contribution >= 4 is 5.96 Å². The second-order valence-electron chi connectivity index (χ2n) is 7.50. The third-order valence-corrected chi connectivity index (χ3v) is 4.93. The maximum atomic E-state index is 5.47. The number of aliphatic imine (C=N–C) groups is 1. The first-order chi connectivity index (χ1) is 13.6. The summed E-state index contributed by atoms with van der Waals surface area (Å²) in [6, 6.07) is 8.20. The lowest BCUT2D eigenvalue weighted by Crippen LogP contribution is -2.56. The van der Waals surface area contributed by atoms with Gasteiger partial charge in [-0.25, -0.2) is 9.98 Å². The predicted molar refractivity (Wildman–Crippen MR) is 111 cm³/mol. The molecule has 0 spiro atoms. The van der Waals surface area contributed by atoms with Gasteiger partial charge in [-0.05, 0) is 32.4 Å². The molecule has 2 aromatic rings. The van der Waals surface area contributed by atoms with Gasteiger partial charge in [-0.3, -0.25) is 10.00 Å². The summed E-state index contributed by atoms with van der Waals surface area (Å²) < 4.78 is 5.47. The van der Waals surface area contributed by atoms with Gasteiger partial charge in [0.15, 0.2) is 11.8 Å². The Labute approximate surface area is 166 Å².